The highest BCUT2D eigenvalue weighted by atomic mass is 16.6. The molecule has 0 saturated heterocycles. The third-order valence-corrected chi connectivity index (χ3v) is 1.80. The number of aromatic hydroxyl groups is 1. The molecule has 5 nitrogen and oxygen atoms in total. The minimum atomic E-state index is -0.678. The maximum atomic E-state index is 11.3. The average molecular weight is 195 g/mol. The second-order valence-corrected chi connectivity index (χ2v) is 2.74. The summed E-state index contributed by atoms with van der Waals surface area (Å²) in [5.41, 5.74) is -0.313. The van der Waals surface area contributed by atoms with Crippen molar-refractivity contribution < 1.29 is 14.8 Å². The smallest absolute Gasteiger partial charge is 0.283 e. The van der Waals surface area contributed by atoms with Crippen molar-refractivity contribution in [2.24, 2.45) is 0 Å². The molecule has 0 bridgehead atoms. The maximum absolute atomic E-state index is 11.3. The fraction of sp³-hybridized carbons (Fsp3) is 0.222. The number of nitrogens with zero attached hydrogens (tertiary/aromatic N) is 1. The van der Waals surface area contributed by atoms with Crippen molar-refractivity contribution in [1.82, 2.24) is 0 Å². The summed E-state index contributed by atoms with van der Waals surface area (Å²) in [4.78, 5) is 21.1. The highest BCUT2D eigenvalue weighted by molar-refractivity contribution is 5.99. The van der Waals surface area contributed by atoms with Crippen LogP contribution in [0.4, 0.5) is 5.69 Å². The Morgan fingerprint density at radius 2 is 2.21 bits per heavy atom. The molecule has 0 aromatic heterocycles. The van der Waals surface area contributed by atoms with Crippen molar-refractivity contribution in [3.63, 3.8) is 0 Å². The summed E-state index contributed by atoms with van der Waals surface area (Å²) in [7, 11) is 0. The lowest BCUT2D eigenvalue weighted by molar-refractivity contribution is -0.385. The molecule has 0 atom stereocenters. The number of benzene rings is 1. The molecule has 0 fully saturated rings. The van der Waals surface area contributed by atoms with Gasteiger partial charge in [-0.2, -0.15) is 0 Å². The minimum absolute atomic E-state index is 0.0373. The highest BCUT2D eigenvalue weighted by Gasteiger charge is 2.18. The molecule has 0 aliphatic rings. The first-order valence-electron chi connectivity index (χ1n) is 4.07. The fourth-order valence-electron chi connectivity index (χ4n) is 1.10. The van der Waals surface area contributed by atoms with Crippen molar-refractivity contribution in [2.45, 2.75) is 13.3 Å². The van der Waals surface area contributed by atoms with E-state index < -0.39 is 4.92 Å². The number of carbonyl (C=O) groups is 1. The predicted molar refractivity (Wildman–Crippen MR) is 49.4 cm³/mol. The van der Waals surface area contributed by atoms with Crippen molar-refractivity contribution in [3.8, 4) is 5.75 Å². The van der Waals surface area contributed by atoms with Crippen LogP contribution in [0.15, 0.2) is 18.2 Å². The number of carbonyl (C=O) groups excluding carboxylic acids is 1. The van der Waals surface area contributed by atoms with Gasteiger partial charge in [-0.1, -0.05) is 6.92 Å². The van der Waals surface area contributed by atoms with E-state index in [1.54, 1.807) is 6.92 Å². The summed E-state index contributed by atoms with van der Waals surface area (Å²) < 4.78 is 0. The van der Waals surface area contributed by atoms with Crippen LogP contribution < -0.4 is 0 Å². The summed E-state index contributed by atoms with van der Waals surface area (Å²) in [6.45, 7) is 1.62. The van der Waals surface area contributed by atoms with Gasteiger partial charge in [0.25, 0.3) is 5.69 Å². The van der Waals surface area contributed by atoms with E-state index in [-0.39, 0.29) is 29.2 Å². The van der Waals surface area contributed by atoms with Crippen LogP contribution in [0.5, 0.6) is 5.75 Å². The van der Waals surface area contributed by atoms with Crippen molar-refractivity contribution in [1.29, 1.82) is 0 Å². The van der Waals surface area contributed by atoms with E-state index in [1.165, 1.54) is 12.1 Å². The van der Waals surface area contributed by atoms with Crippen molar-refractivity contribution in [3.05, 3.63) is 33.9 Å². The SMILES string of the molecule is CCC(=O)c1ccc(O)cc1[N+](=O)[O-]. The Balaban J connectivity index is 3.28. The molecule has 0 aliphatic heterocycles. The van der Waals surface area contributed by atoms with Gasteiger partial charge in [-0.25, -0.2) is 0 Å². The first-order chi connectivity index (χ1) is 6.56. The molecular weight excluding hydrogens is 186 g/mol. The number of Topliss-reactive ketones (excluding diaryl/α,β-unsaturated/α-hetero) is 1. The first kappa shape index (κ1) is 10.2. The summed E-state index contributed by atoms with van der Waals surface area (Å²) in [6, 6.07) is 3.50. The number of phenols is 1. The summed E-state index contributed by atoms with van der Waals surface area (Å²) in [6.07, 6.45) is 0.200. The predicted octanol–water partition coefficient (Wildman–Crippen LogP) is 1.89. The first-order valence-corrected chi connectivity index (χ1v) is 4.07. The average Bonchev–Trinajstić information content (AvgIpc) is 2.16. The third-order valence-electron chi connectivity index (χ3n) is 1.80. The van der Waals surface area contributed by atoms with E-state index in [9.17, 15) is 14.9 Å². The van der Waals surface area contributed by atoms with Crippen LogP contribution in [-0.4, -0.2) is 15.8 Å². The Kier molecular flexibility index (Phi) is 2.81. The van der Waals surface area contributed by atoms with Crippen LogP contribution in [0.2, 0.25) is 0 Å². The quantitative estimate of drug-likeness (QED) is 0.453. The molecule has 0 radical (unpaired) electrons. The van der Waals surface area contributed by atoms with Crippen molar-refractivity contribution >= 4 is 11.5 Å². The lowest BCUT2D eigenvalue weighted by Gasteiger charge is -2.00. The van der Waals surface area contributed by atoms with Crippen LogP contribution in [0, 0.1) is 10.1 Å². The molecule has 1 rings (SSSR count). The van der Waals surface area contributed by atoms with Gasteiger partial charge in [0.1, 0.15) is 5.75 Å². The Morgan fingerprint density at radius 1 is 1.57 bits per heavy atom. The van der Waals surface area contributed by atoms with E-state index in [4.69, 9.17) is 5.11 Å². The van der Waals surface area contributed by atoms with Crippen LogP contribution in [0.25, 0.3) is 0 Å². The Morgan fingerprint density at radius 3 is 2.71 bits per heavy atom. The molecule has 0 spiro atoms. The lowest BCUT2D eigenvalue weighted by atomic mass is 10.1. The molecule has 1 aromatic rings. The van der Waals surface area contributed by atoms with Gasteiger partial charge in [0, 0.05) is 6.42 Å². The Hall–Kier alpha value is -1.91. The van der Waals surface area contributed by atoms with Gasteiger partial charge >= 0.3 is 0 Å². The van der Waals surface area contributed by atoms with E-state index >= 15 is 0 Å². The van der Waals surface area contributed by atoms with E-state index in [2.05, 4.69) is 0 Å². The third kappa shape index (κ3) is 1.87. The largest absolute Gasteiger partial charge is 0.508 e. The number of phenolic OH excluding ortho intramolecular Hbond substituents is 1. The molecule has 0 heterocycles. The van der Waals surface area contributed by atoms with Gasteiger partial charge in [0.15, 0.2) is 5.78 Å². The molecule has 1 N–H and O–H groups in total. The van der Waals surface area contributed by atoms with Gasteiger partial charge in [-0.3, -0.25) is 14.9 Å². The summed E-state index contributed by atoms with van der Waals surface area (Å²) in [5.74, 6) is -0.527. The molecule has 0 amide bonds. The number of hydrogen-bond donors (Lipinski definition) is 1. The van der Waals surface area contributed by atoms with Crippen LogP contribution in [-0.2, 0) is 0 Å². The second kappa shape index (κ2) is 3.87. The molecule has 0 saturated carbocycles. The zero-order valence-electron chi connectivity index (χ0n) is 7.56. The van der Waals surface area contributed by atoms with Gasteiger partial charge in [-0.05, 0) is 12.1 Å². The molecule has 74 valence electrons. The van der Waals surface area contributed by atoms with Gasteiger partial charge in [0.2, 0.25) is 0 Å². The van der Waals surface area contributed by atoms with Gasteiger partial charge in [0.05, 0.1) is 16.6 Å². The number of nitro benzene ring substituents is 1. The molecule has 14 heavy (non-hydrogen) atoms. The van der Waals surface area contributed by atoms with Gasteiger partial charge in [-0.15, -0.1) is 0 Å². The molecule has 5 heteroatoms. The molecule has 0 unspecified atom stereocenters. The highest BCUT2D eigenvalue weighted by Crippen LogP contribution is 2.24. The molecular formula is C9H9NO4. The summed E-state index contributed by atoms with van der Waals surface area (Å²) in [5, 5.41) is 19.6. The van der Waals surface area contributed by atoms with Crippen LogP contribution >= 0.6 is 0 Å². The summed E-state index contributed by atoms with van der Waals surface area (Å²) >= 11 is 0. The number of rotatable bonds is 3. The standard InChI is InChI=1S/C9H9NO4/c1-2-9(12)7-4-3-6(11)5-8(7)10(13)14/h3-5,11H,2H2,1H3. The Bertz CT molecular complexity index is 386. The molecule has 1 aromatic carbocycles. The maximum Gasteiger partial charge on any atom is 0.283 e. The van der Waals surface area contributed by atoms with Crippen molar-refractivity contribution in [2.75, 3.05) is 0 Å². The zero-order chi connectivity index (χ0) is 10.7. The second-order valence-electron chi connectivity index (χ2n) is 2.74. The van der Waals surface area contributed by atoms with Crippen LogP contribution in [0.1, 0.15) is 23.7 Å². The van der Waals surface area contributed by atoms with E-state index in [1.807, 2.05) is 0 Å². The number of nitro groups is 1. The van der Waals surface area contributed by atoms with E-state index in [0.717, 1.165) is 6.07 Å². The number of hydrogen-bond acceptors (Lipinski definition) is 4. The monoisotopic (exact) mass is 195 g/mol. The van der Waals surface area contributed by atoms with Gasteiger partial charge < -0.3 is 5.11 Å². The number of ketones is 1. The normalized spacial score (nSPS) is 9.79. The minimum Gasteiger partial charge on any atom is -0.508 e. The van der Waals surface area contributed by atoms with E-state index in [0.29, 0.717) is 0 Å². The Labute approximate surface area is 80.1 Å². The topological polar surface area (TPSA) is 80.4 Å². The van der Waals surface area contributed by atoms with Crippen LogP contribution in [0.3, 0.4) is 0 Å². The molecule has 0 aliphatic carbocycles. The lowest BCUT2D eigenvalue weighted by Crippen LogP contribution is -2.02. The zero-order valence-corrected chi connectivity index (χ0v) is 7.56. The fourth-order valence-corrected chi connectivity index (χ4v) is 1.10.